The molecule has 0 saturated carbocycles. The van der Waals surface area contributed by atoms with E-state index in [0.29, 0.717) is 35.4 Å². The molecule has 4 nitrogen and oxygen atoms in total. The van der Waals surface area contributed by atoms with Crippen molar-refractivity contribution in [2.75, 3.05) is 0 Å². The van der Waals surface area contributed by atoms with E-state index in [1.807, 2.05) is 52.8 Å². The number of ketones is 1. The number of thiocarbonyl (C=S) groups is 1. The molecule has 1 aromatic carbocycles. The average molecular weight is 524 g/mol. The van der Waals surface area contributed by atoms with Crippen LogP contribution in [0.1, 0.15) is 77.1 Å². The monoisotopic (exact) mass is 522 g/mol. The second kappa shape index (κ2) is 9.22. The fourth-order valence-corrected chi connectivity index (χ4v) is 5.64. The Morgan fingerprint density at radius 2 is 1.94 bits per heavy atom. The molecule has 166 valence electrons. The van der Waals surface area contributed by atoms with E-state index in [4.69, 9.17) is 21.7 Å². The number of fused-ring (bicyclic) bond motifs is 1. The Labute approximate surface area is 201 Å². The van der Waals surface area contributed by atoms with Crippen LogP contribution in [-0.4, -0.2) is 27.8 Å². The summed E-state index contributed by atoms with van der Waals surface area (Å²) in [5.74, 6) is -0.375. The molecule has 7 heteroatoms. The van der Waals surface area contributed by atoms with E-state index >= 15 is 0 Å². The first kappa shape index (κ1) is 24.2. The molecule has 0 spiro atoms. The van der Waals surface area contributed by atoms with Crippen LogP contribution in [0.15, 0.2) is 28.7 Å². The molecule has 1 aromatic heterocycles. The van der Waals surface area contributed by atoms with Crippen molar-refractivity contribution in [3.8, 4) is 0 Å². The number of carbonyl (C=O) groups excluding carboxylic acids is 2. The zero-order chi connectivity index (χ0) is 23.0. The number of ether oxygens (including phenoxy) is 2. The highest BCUT2D eigenvalue weighted by molar-refractivity contribution is 9.10. The Kier molecular flexibility index (Phi) is 7.21. The highest BCUT2D eigenvalue weighted by Gasteiger charge is 2.35. The summed E-state index contributed by atoms with van der Waals surface area (Å²) in [5.41, 5.74) is 1.25. The summed E-state index contributed by atoms with van der Waals surface area (Å²) in [6.45, 7) is 10.1. The smallest absolute Gasteiger partial charge is 0.340 e. The van der Waals surface area contributed by atoms with Gasteiger partial charge in [0.1, 0.15) is 5.60 Å². The van der Waals surface area contributed by atoms with Crippen molar-refractivity contribution in [3.63, 3.8) is 0 Å². The molecular formula is C24H27BrO4S2. The summed E-state index contributed by atoms with van der Waals surface area (Å²) in [6.07, 6.45) is 1.17. The number of carbonyl (C=O) groups is 2. The second-order valence-electron chi connectivity index (χ2n) is 9.32. The van der Waals surface area contributed by atoms with Gasteiger partial charge in [-0.3, -0.25) is 4.79 Å². The number of esters is 1. The SMILES string of the molecule is CC(C)(C)OC(=O)c1c(CC(=S)CC(=O)c2ccccc2Br)sc2c1CC(C)(C)OC2. The molecule has 0 bridgehead atoms. The van der Waals surface area contributed by atoms with E-state index < -0.39 is 5.60 Å². The van der Waals surface area contributed by atoms with Gasteiger partial charge in [-0.15, -0.1) is 11.3 Å². The Hall–Kier alpha value is -1.41. The normalized spacial score (nSPS) is 15.3. The van der Waals surface area contributed by atoms with Gasteiger partial charge in [0.15, 0.2) is 5.78 Å². The number of thiophene rings is 1. The summed E-state index contributed by atoms with van der Waals surface area (Å²) in [7, 11) is 0. The van der Waals surface area contributed by atoms with Crippen LogP contribution in [0.4, 0.5) is 0 Å². The molecule has 0 amide bonds. The highest BCUT2D eigenvalue weighted by Crippen LogP contribution is 2.39. The van der Waals surface area contributed by atoms with E-state index in [1.54, 1.807) is 6.07 Å². The lowest BCUT2D eigenvalue weighted by Crippen LogP contribution is -2.32. The van der Waals surface area contributed by atoms with E-state index in [9.17, 15) is 9.59 Å². The molecule has 0 atom stereocenters. The number of Topliss-reactive ketones (excluding diaryl/α,β-unsaturated/α-hetero) is 1. The molecule has 0 radical (unpaired) electrons. The van der Waals surface area contributed by atoms with Gasteiger partial charge in [0.25, 0.3) is 0 Å². The Bertz CT molecular complexity index is 1030. The molecule has 1 aliphatic heterocycles. The van der Waals surface area contributed by atoms with E-state index in [-0.39, 0.29) is 23.8 Å². The van der Waals surface area contributed by atoms with Gasteiger partial charge in [-0.1, -0.05) is 46.3 Å². The van der Waals surface area contributed by atoms with Gasteiger partial charge < -0.3 is 9.47 Å². The van der Waals surface area contributed by atoms with Crippen molar-refractivity contribution in [2.45, 2.75) is 71.7 Å². The van der Waals surface area contributed by atoms with Gasteiger partial charge in [0, 0.05) is 43.9 Å². The van der Waals surface area contributed by atoms with Crippen molar-refractivity contribution in [1.82, 2.24) is 0 Å². The lowest BCUT2D eigenvalue weighted by molar-refractivity contribution is -0.0387. The molecule has 0 saturated heterocycles. The number of hydrogen-bond acceptors (Lipinski definition) is 6. The Morgan fingerprint density at radius 1 is 1.26 bits per heavy atom. The molecule has 0 unspecified atom stereocenters. The second-order valence-corrected chi connectivity index (χ2v) is 11.9. The van der Waals surface area contributed by atoms with E-state index in [0.717, 1.165) is 19.8 Å². The van der Waals surface area contributed by atoms with Gasteiger partial charge in [-0.05, 0) is 46.2 Å². The van der Waals surface area contributed by atoms with Crippen LogP contribution in [0.25, 0.3) is 0 Å². The maximum absolute atomic E-state index is 13.1. The van der Waals surface area contributed by atoms with Gasteiger partial charge in [0.2, 0.25) is 0 Å². The minimum Gasteiger partial charge on any atom is -0.456 e. The molecule has 0 N–H and O–H groups in total. The molecule has 1 aliphatic rings. The lowest BCUT2D eigenvalue weighted by Gasteiger charge is -2.30. The van der Waals surface area contributed by atoms with Gasteiger partial charge in [0.05, 0.1) is 17.8 Å². The Morgan fingerprint density at radius 3 is 2.58 bits per heavy atom. The van der Waals surface area contributed by atoms with Crippen LogP contribution in [0, 0.1) is 0 Å². The highest BCUT2D eigenvalue weighted by atomic mass is 79.9. The number of rotatable bonds is 6. The minimum atomic E-state index is -0.597. The van der Waals surface area contributed by atoms with Crippen molar-refractivity contribution in [2.24, 2.45) is 0 Å². The summed E-state index contributed by atoms with van der Waals surface area (Å²) in [5, 5.41) is 0. The first-order valence-electron chi connectivity index (χ1n) is 10.2. The third-order valence-electron chi connectivity index (χ3n) is 4.85. The predicted octanol–water partition coefficient (Wildman–Crippen LogP) is 6.50. The standard InChI is InChI=1S/C24H27BrO4S2/c1-23(2,3)29-22(27)21-16-12-24(4,5)28-13-20(16)31-19(21)11-14(30)10-18(26)15-8-6-7-9-17(15)25/h6-9H,10-13H2,1-5H3. The third kappa shape index (κ3) is 6.09. The maximum atomic E-state index is 13.1. The first-order valence-corrected chi connectivity index (χ1v) is 12.2. The fraction of sp³-hybridized carbons (Fsp3) is 0.458. The van der Waals surface area contributed by atoms with Gasteiger partial charge in [-0.25, -0.2) is 4.79 Å². The van der Waals surface area contributed by atoms with E-state index in [1.165, 1.54) is 11.3 Å². The molecule has 3 rings (SSSR count). The first-order chi connectivity index (χ1) is 14.4. The van der Waals surface area contributed by atoms with Crippen LogP contribution in [-0.2, 0) is 28.9 Å². The van der Waals surface area contributed by atoms with Crippen LogP contribution in [0.5, 0.6) is 0 Å². The lowest BCUT2D eigenvalue weighted by atomic mass is 9.92. The van der Waals surface area contributed by atoms with Crippen LogP contribution in [0.3, 0.4) is 0 Å². The number of hydrogen-bond donors (Lipinski definition) is 0. The summed E-state index contributed by atoms with van der Waals surface area (Å²) in [6, 6.07) is 7.32. The fourth-order valence-electron chi connectivity index (χ4n) is 3.50. The third-order valence-corrected chi connectivity index (χ3v) is 7.04. The zero-order valence-electron chi connectivity index (χ0n) is 18.5. The van der Waals surface area contributed by atoms with Crippen LogP contribution < -0.4 is 0 Å². The van der Waals surface area contributed by atoms with Crippen molar-refractivity contribution < 1.29 is 19.1 Å². The minimum absolute atomic E-state index is 0.0397. The van der Waals surface area contributed by atoms with Crippen LogP contribution in [0.2, 0.25) is 0 Å². The quantitative estimate of drug-likeness (QED) is 0.246. The van der Waals surface area contributed by atoms with Crippen molar-refractivity contribution >= 4 is 56.1 Å². The summed E-state index contributed by atoms with van der Waals surface area (Å²) in [4.78, 5) is 28.3. The summed E-state index contributed by atoms with van der Waals surface area (Å²) < 4.78 is 12.4. The maximum Gasteiger partial charge on any atom is 0.340 e. The molecule has 2 aromatic rings. The topological polar surface area (TPSA) is 52.6 Å². The molecular weight excluding hydrogens is 496 g/mol. The summed E-state index contributed by atoms with van der Waals surface area (Å²) >= 11 is 10.5. The van der Waals surface area contributed by atoms with E-state index in [2.05, 4.69) is 15.9 Å². The van der Waals surface area contributed by atoms with Crippen molar-refractivity contribution in [3.05, 3.63) is 55.2 Å². The van der Waals surface area contributed by atoms with Crippen LogP contribution >= 0.6 is 39.5 Å². The largest absolute Gasteiger partial charge is 0.456 e. The van der Waals surface area contributed by atoms with Gasteiger partial charge >= 0.3 is 5.97 Å². The molecule has 31 heavy (non-hydrogen) atoms. The van der Waals surface area contributed by atoms with Gasteiger partial charge in [-0.2, -0.15) is 0 Å². The zero-order valence-corrected chi connectivity index (χ0v) is 21.7. The molecule has 0 aliphatic carbocycles. The van der Waals surface area contributed by atoms with Crippen molar-refractivity contribution in [1.29, 1.82) is 0 Å². The average Bonchev–Trinajstić information content (AvgIpc) is 2.96. The number of benzene rings is 1. The Balaban J connectivity index is 1.87. The number of halogens is 1. The molecule has 2 heterocycles. The predicted molar refractivity (Wildman–Crippen MR) is 131 cm³/mol. The molecule has 0 fully saturated rings.